The van der Waals surface area contributed by atoms with Gasteiger partial charge in [-0.3, -0.25) is 14.5 Å². The van der Waals surface area contributed by atoms with Gasteiger partial charge in [0.25, 0.3) is 11.1 Å². The van der Waals surface area contributed by atoms with Crippen molar-refractivity contribution in [3.8, 4) is 18.0 Å². The number of terminal acetylenes is 1. The summed E-state index contributed by atoms with van der Waals surface area (Å²) in [4.78, 5) is 25.4. The minimum absolute atomic E-state index is 0.00169. The molecule has 1 aromatic carbocycles. The molecule has 1 aliphatic rings. The van der Waals surface area contributed by atoms with Gasteiger partial charge < -0.3 is 4.57 Å². The van der Waals surface area contributed by atoms with Crippen molar-refractivity contribution in [1.82, 2.24) is 9.47 Å². The number of nitrogens with zero attached hydrogens (tertiary/aromatic N) is 2. The second-order valence-corrected chi connectivity index (χ2v) is 5.60. The van der Waals surface area contributed by atoms with E-state index in [1.54, 1.807) is 6.08 Å². The van der Waals surface area contributed by atoms with Crippen molar-refractivity contribution in [2.45, 2.75) is 0 Å². The molecule has 2 aromatic rings. The van der Waals surface area contributed by atoms with Gasteiger partial charge in [-0.15, -0.1) is 6.42 Å². The summed E-state index contributed by atoms with van der Waals surface area (Å²) in [5.74, 6) is 1.99. The van der Waals surface area contributed by atoms with Crippen LogP contribution in [0.4, 0.5) is 4.79 Å². The van der Waals surface area contributed by atoms with E-state index in [0.29, 0.717) is 4.91 Å². The van der Waals surface area contributed by atoms with Crippen molar-refractivity contribution in [3.63, 3.8) is 0 Å². The van der Waals surface area contributed by atoms with Crippen molar-refractivity contribution >= 4 is 29.0 Å². The van der Waals surface area contributed by atoms with Crippen LogP contribution in [0.2, 0.25) is 0 Å². The van der Waals surface area contributed by atoms with E-state index in [4.69, 9.17) is 6.42 Å². The van der Waals surface area contributed by atoms with Crippen LogP contribution in [0.3, 0.4) is 0 Å². The number of amides is 2. The number of para-hydroxylation sites is 1. The van der Waals surface area contributed by atoms with Crippen LogP contribution in [0.1, 0.15) is 5.69 Å². The van der Waals surface area contributed by atoms with Crippen molar-refractivity contribution in [1.29, 1.82) is 0 Å². The monoisotopic (exact) mass is 308 g/mol. The summed E-state index contributed by atoms with van der Waals surface area (Å²) >= 11 is 0.914. The van der Waals surface area contributed by atoms with Crippen molar-refractivity contribution in [3.05, 3.63) is 59.3 Å². The van der Waals surface area contributed by atoms with E-state index in [-0.39, 0.29) is 17.7 Å². The first-order valence-corrected chi connectivity index (χ1v) is 7.44. The smallest absolute Gasteiger partial charge is 0.294 e. The summed E-state index contributed by atoms with van der Waals surface area (Å²) in [6, 6.07) is 13.6. The molecular weight excluding hydrogens is 296 g/mol. The van der Waals surface area contributed by atoms with Gasteiger partial charge in [0.2, 0.25) is 0 Å². The van der Waals surface area contributed by atoms with Gasteiger partial charge in [-0.25, -0.2) is 0 Å². The van der Waals surface area contributed by atoms with E-state index in [2.05, 4.69) is 5.92 Å². The molecule has 2 heterocycles. The number of hydrogen-bond donors (Lipinski definition) is 0. The standard InChI is InChI=1S/C17H12N2O2S/c1-2-10-19-16(20)15(22-17(19)21)12-14-9-6-11-18(14)13-7-4-3-5-8-13/h1,3-9,11-12H,10H2. The van der Waals surface area contributed by atoms with Gasteiger partial charge in [0, 0.05) is 17.6 Å². The summed E-state index contributed by atoms with van der Waals surface area (Å²) < 4.78 is 1.95. The van der Waals surface area contributed by atoms with Gasteiger partial charge in [-0.1, -0.05) is 24.1 Å². The van der Waals surface area contributed by atoms with Crippen LogP contribution in [-0.2, 0) is 4.79 Å². The number of imide groups is 1. The first kappa shape index (κ1) is 14.2. The maximum absolute atomic E-state index is 12.2. The molecule has 108 valence electrons. The van der Waals surface area contributed by atoms with Crippen LogP contribution in [0.15, 0.2) is 53.6 Å². The van der Waals surface area contributed by atoms with Crippen molar-refractivity contribution in [2.75, 3.05) is 6.54 Å². The van der Waals surface area contributed by atoms with Crippen LogP contribution < -0.4 is 0 Å². The number of thioether (sulfide) groups is 1. The molecule has 0 saturated carbocycles. The molecule has 0 unspecified atom stereocenters. The Labute approximate surface area is 132 Å². The minimum Gasteiger partial charge on any atom is -0.317 e. The van der Waals surface area contributed by atoms with Gasteiger partial charge in [0.15, 0.2) is 0 Å². The lowest BCUT2D eigenvalue weighted by molar-refractivity contribution is -0.122. The van der Waals surface area contributed by atoms with Crippen molar-refractivity contribution < 1.29 is 9.59 Å². The van der Waals surface area contributed by atoms with E-state index < -0.39 is 0 Å². The molecule has 1 saturated heterocycles. The third-order valence-electron chi connectivity index (χ3n) is 3.22. The highest BCUT2D eigenvalue weighted by Crippen LogP contribution is 2.32. The van der Waals surface area contributed by atoms with Gasteiger partial charge in [0.05, 0.1) is 11.4 Å². The Morgan fingerprint density at radius 2 is 1.91 bits per heavy atom. The molecular formula is C17H12N2O2S. The fourth-order valence-electron chi connectivity index (χ4n) is 2.20. The zero-order valence-electron chi connectivity index (χ0n) is 11.6. The molecule has 2 amide bonds. The lowest BCUT2D eigenvalue weighted by atomic mass is 10.3. The second kappa shape index (κ2) is 5.96. The quantitative estimate of drug-likeness (QED) is 0.646. The number of hydrogen-bond acceptors (Lipinski definition) is 3. The zero-order valence-corrected chi connectivity index (χ0v) is 12.4. The summed E-state index contributed by atoms with van der Waals surface area (Å²) in [5.41, 5.74) is 1.82. The molecule has 0 bridgehead atoms. The predicted molar refractivity (Wildman–Crippen MR) is 87.3 cm³/mol. The lowest BCUT2D eigenvalue weighted by Crippen LogP contribution is -2.28. The second-order valence-electron chi connectivity index (χ2n) is 4.61. The number of aromatic nitrogens is 1. The molecule has 0 spiro atoms. The summed E-state index contributed by atoms with van der Waals surface area (Å²) in [6.45, 7) is 0.00169. The largest absolute Gasteiger partial charge is 0.317 e. The molecule has 0 aliphatic carbocycles. The maximum atomic E-state index is 12.2. The number of carbonyl (C=O) groups excluding carboxylic acids is 2. The van der Waals surface area contributed by atoms with Crippen molar-refractivity contribution in [2.24, 2.45) is 0 Å². The Morgan fingerprint density at radius 3 is 2.64 bits per heavy atom. The van der Waals surface area contributed by atoms with E-state index in [9.17, 15) is 9.59 Å². The molecule has 0 N–H and O–H groups in total. The Hall–Kier alpha value is -2.71. The third kappa shape index (κ3) is 2.57. The first-order chi connectivity index (χ1) is 10.7. The number of rotatable bonds is 3. The maximum Gasteiger partial charge on any atom is 0.294 e. The first-order valence-electron chi connectivity index (χ1n) is 6.62. The van der Waals surface area contributed by atoms with E-state index in [0.717, 1.165) is 28.0 Å². The Morgan fingerprint density at radius 1 is 1.14 bits per heavy atom. The van der Waals surface area contributed by atoms with E-state index >= 15 is 0 Å². The SMILES string of the molecule is C#CCN1C(=O)SC(=Cc2cccn2-c2ccccc2)C1=O. The zero-order chi connectivity index (χ0) is 15.5. The Kier molecular flexibility index (Phi) is 3.86. The Bertz CT molecular complexity index is 800. The summed E-state index contributed by atoms with van der Waals surface area (Å²) in [6.07, 6.45) is 8.81. The molecule has 1 fully saturated rings. The normalized spacial score (nSPS) is 16.3. The third-order valence-corrected chi connectivity index (χ3v) is 4.12. The Balaban J connectivity index is 1.95. The van der Waals surface area contributed by atoms with Crippen LogP contribution in [-0.4, -0.2) is 27.2 Å². The van der Waals surface area contributed by atoms with Crippen LogP contribution in [0, 0.1) is 12.3 Å². The highest BCUT2D eigenvalue weighted by molar-refractivity contribution is 8.18. The van der Waals surface area contributed by atoms with Gasteiger partial charge in [0.1, 0.15) is 0 Å². The van der Waals surface area contributed by atoms with Gasteiger partial charge in [-0.05, 0) is 42.1 Å². The fraction of sp³-hybridized carbons (Fsp3) is 0.0588. The minimum atomic E-state index is -0.339. The summed E-state index contributed by atoms with van der Waals surface area (Å²) in [7, 11) is 0. The molecule has 1 aromatic heterocycles. The molecule has 3 rings (SSSR count). The van der Waals surface area contributed by atoms with Gasteiger partial charge >= 0.3 is 0 Å². The average Bonchev–Trinajstić information content (AvgIpc) is 3.09. The van der Waals surface area contributed by atoms with Crippen LogP contribution in [0.25, 0.3) is 11.8 Å². The molecule has 22 heavy (non-hydrogen) atoms. The van der Waals surface area contributed by atoms with E-state index in [1.165, 1.54) is 0 Å². The van der Waals surface area contributed by atoms with Crippen LogP contribution in [0.5, 0.6) is 0 Å². The molecule has 0 atom stereocenters. The molecule has 0 radical (unpaired) electrons. The number of carbonyl (C=O) groups is 2. The highest BCUT2D eigenvalue weighted by Gasteiger charge is 2.34. The van der Waals surface area contributed by atoms with E-state index in [1.807, 2.05) is 53.2 Å². The molecule has 5 heteroatoms. The molecule has 1 aliphatic heterocycles. The highest BCUT2D eigenvalue weighted by atomic mass is 32.2. The topological polar surface area (TPSA) is 42.3 Å². The fourth-order valence-corrected chi connectivity index (χ4v) is 3.02. The van der Waals surface area contributed by atoms with Gasteiger partial charge in [-0.2, -0.15) is 0 Å². The predicted octanol–water partition coefficient (Wildman–Crippen LogP) is 3.15. The number of benzene rings is 1. The lowest BCUT2D eigenvalue weighted by Gasteiger charge is -2.07. The average molecular weight is 308 g/mol. The molecule has 4 nitrogen and oxygen atoms in total. The van der Waals surface area contributed by atoms with Crippen LogP contribution >= 0.6 is 11.8 Å². The summed E-state index contributed by atoms with van der Waals surface area (Å²) in [5, 5.41) is -0.327.